The van der Waals surface area contributed by atoms with E-state index >= 15 is 0 Å². The maximum Gasteiger partial charge on any atom is 0.227 e. The largest absolute Gasteiger partial charge is 0.497 e. The topological polar surface area (TPSA) is 63.6 Å². The molecule has 0 spiro atoms. The van der Waals surface area contributed by atoms with Crippen LogP contribution in [0.4, 0.5) is 5.69 Å². The standard InChI is InChI=1S/C28H29N3O4/c1-33-21-8-5-7-20(17-21)18-27(32)30-13-6-14-31(16-15-30)28-23-12-11-22(34-2)19-26(23)35-25-10-4-3-9-24(25)29-28/h3-5,7-12,17,19H,6,13-16,18H2,1-2H3. The number of carbonyl (C=O) groups excluding carboxylic acids is 1. The van der Waals surface area contributed by atoms with Gasteiger partial charge in [-0.15, -0.1) is 0 Å². The van der Waals surface area contributed by atoms with Gasteiger partial charge < -0.3 is 24.0 Å². The molecular formula is C28H29N3O4. The van der Waals surface area contributed by atoms with Crippen LogP contribution in [0.1, 0.15) is 17.5 Å². The molecule has 5 rings (SSSR count). The minimum Gasteiger partial charge on any atom is -0.497 e. The number of amidine groups is 1. The van der Waals surface area contributed by atoms with Gasteiger partial charge in [0.25, 0.3) is 0 Å². The molecule has 1 amide bonds. The molecule has 1 saturated heterocycles. The normalized spacial score (nSPS) is 15.1. The van der Waals surface area contributed by atoms with Gasteiger partial charge in [0.1, 0.15) is 28.8 Å². The van der Waals surface area contributed by atoms with Crippen LogP contribution in [0.25, 0.3) is 0 Å². The highest BCUT2D eigenvalue weighted by molar-refractivity contribution is 6.04. The first-order valence-corrected chi connectivity index (χ1v) is 11.8. The van der Waals surface area contributed by atoms with E-state index < -0.39 is 0 Å². The molecule has 2 aliphatic rings. The molecule has 0 atom stereocenters. The van der Waals surface area contributed by atoms with E-state index in [0.29, 0.717) is 31.0 Å². The maximum atomic E-state index is 13.1. The number of nitrogens with zero attached hydrogens (tertiary/aromatic N) is 3. The Hall–Kier alpha value is -4.00. The molecule has 0 aromatic heterocycles. The molecule has 0 saturated carbocycles. The minimum absolute atomic E-state index is 0.127. The first-order chi connectivity index (χ1) is 17.1. The lowest BCUT2D eigenvalue weighted by Crippen LogP contribution is -2.38. The van der Waals surface area contributed by atoms with Gasteiger partial charge in [0, 0.05) is 32.2 Å². The zero-order valence-corrected chi connectivity index (χ0v) is 20.1. The van der Waals surface area contributed by atoms with Crippen molar-refractivity contribution in [2.45, 2.75) is 12.8 Å². The van der Waals surface area contributed by atoms with Crippen molar-refractivity contribution < 1.29 is 19.0 Å². The predicted molar refractivity (Wildman–Crippen MR) is 135 cm³/mol. The number of hydrogen-bond donors (Lipinski definition) is 0. The highest BCUT2D eigenvalue weighted by atomic mass is 16.5. The van der Waals surface area contributed by atoms with Crippen LogP contribution in [-0.4, -0.2) is 61.9 Å². The van der Waals surface area contributed by atoms with Crippen molar-refractivity contribution in [1.82, 2.24) is 9.80 Å². The third kappa shape index (κ3) is 4.94. The van der Waals surface area contributed by atoms with Crippen molar-refractivity contribution in [1.29, 1.82) is 0 Å². The van der Waals surface area contributed by atoms with Crippen molar-refractivity contribution in [3.8, 4) is 23.0 Å². The SMILES string of the molecule is COc1cccc(CC(=O)N2CCCN(C3=Nc4ccccc4Oc4cc(OC)ccc43)CC2)c1. The molecule has 0 radical (unpaired) electrons. The molecule has 0 aliphatic carbocycles. The number of ether oxygens (including phenoxy) is 3. The smallest absolute Gasteiger partial charge is 0.227 e. The number of methoxy groups -OCH3 is 2. The summed E-state index contributed by atoms with van der Waals surface area (Å²) in [5.41, 5.74) is 2.66. The molecule has 0 unspecified atom stereocenters. The molecule has 7 heteroatoms. The zero-order chi connectivity index (χ0) is 24.2. The predicted octanol–water partition coefficient (Wildman–Crippen LogP) is 4.66. The second kappa shape index (κ2) is 10.1. The number of rotatable bonds is 4. The van der Waals surface area contributed by atoms with E-state index in [0.717, 1.165) is 53.7 Å². The summed E-state index contributed by atoms with van der Waals surface area (Å²) < 4.78 is 17.0. The summed E-state index contributed by atoms with van der Waals surface area (Å²) in [6, 6.07) is 21.3. The maximum absolute atomic E-state index is 13.1. The number of carbonyl (C=O) groups is 1. The van der Waals surface area contributed by atoms with Gasteiger partial charge in [-0.2, -0.15) is 0 Å². The van der Waals surface area contributed by atoms with Crippen molar-refractivity contribution in [2.24, 2.45) is 4.99 Å². The zero-order valence-electron chi connectivity index (χ0n) is 20.1. The minimum atomic E-state index is 0.127. The summed E-state index contributed by atoms with van der Waals surface area (Å²) in [6.45, 7) is 2.84. The summed E-state index contributed by atoms with van der Waals surface area (Å²) >= 11 is 0. The van der Waals surface area contributed by atoms with Crippen LogP contribution in [0.15, 0.2) is 71.7 Å². The molecule has 1 fully saturated rings. The van der Waals surface area contributed by atoms with Crippen LogP contribution in [0.5, 0.6) is 23.0 Å². The van der Waals surface area contributed by atoms with Gasteiger partial charge in [0.2, 0.25) is 5.91 Å². The molecule has 0 N–H and O–H groups in total. The lowest BCUT2D eigenvalue weighted by Gasteiger charge is -2.25. The van der Waals surface area contributed by atoms with Gasteiger partial charge in [-0.3, -0.25) is 4.79 Å². The molecule has 2 heterocycles. The summed E-state index contributed by atoms with van der Waals surface area (Å²) in [7, 11) is 3.28. The number of aliphatic imine (C=N–C) groups is 1. The fourth-order valence-corrected chi connectivity index (χ4v) is 4.52. The summed E-state index contributed by atoms with van der Waals surface area (Å²) in [5, 5.41) is 0. The number of fused-ring (bicyclic) bond motifs is 2. The van der Waals surface area contributed by atoms with E-state index in [4.69, 9.17) is 19.2 Å². The molecule has 180 valence electrons. The second-order valence-electron chi connectivity index (χ2n) is 8.62. The van der Waals surface area contributed by atoms with E-state index in [1.54, 1.807) is 14.2 Å². The highest BCUT2D eigenvalue weighted by Gasteiger charge is 2.26. The summed E-state index contributed by atoms with van der Waals surface area (Å²) in [6.07, 6.45) is 1.22. The van der Waals surface area contributed by atoms with Crippen molar-refractivity contribution >= 4 is 17.4 Å². The molecule has 35 heavy (non-hydrogen) atoms. The fraction of sp³-hybridized carbons (Fsp3) is 0.286. The Morgan fingerprint density at radius 1 is 0.886 bits per heavy atom. The molecule has 7 nitrogen and oxygen atoms in total. The van der Waals surface area contributed by atoms with E-state index in [1.807, 2.05) is 71.6 Å². The van der Waals surface area contributed by atoms with Gasteiger partial charge in [0.15, 0.2) is 5.75 Å². The number of para-hydroxylation sites is 2. The molecule has 0 bridgehead atoms. The van der Waals surface area contributed by atoms with Crippen molar-refractivity contribution in [3.63, 3.8) is 0 Å². The van der Waals surface area contributed by atoms with Crippen molar-refractivity contribution in [2.75, 3.05) is 40.4 Å². The number of hydrogen-bond acceptors (Lipinski definition) is 6. The van der Waals surface area contributed by atoms with E-state index in [-0.39, 0.29) is 5.91 Å². The van der Waals surface area contributed by atoms with E-state index in [2.05, 4.69) is 4.90 Å². The van der Waals surface area contributed by atoms with Crippen LogP contribution in [0, 0.1) is 0 Å². The number of amides is 1. The van der Waals surface area contributed by atoms with E-state index in [9.17, 15) is 4.79 Å². The summed E-state index contributed by atoms with van der Waals surface area (Å²) in [5.74, 6) is 3.90. The third-order valence-electron chi connectivity index (χ3n) is 6.38. The fourth-order valence-electron chi connectivity index (χ4n) is 4.52. The Kier molecular flexibility index (Phi) is 6.57. The van der Waals surface area contributed by atoms with E-state index in [1.165, 1.54) is 0 Å². The lowest BCUT2D eigenvalue weighted by molar-refractivity contribution is -0.130. The first kappa shape index (κ1) is 22.8. The van der Waals surface area contributed by atoms with Crippen molar-refractivity contribution in [3.05, 3.63) is 77.9 Å². The Balaban J connectivity index is 1.37. The van der Waals surface area contributed by atoms with Crippen LogP contribution in [0.2, 0.25) is 0 Å². The average Bonchev–Trinajstić information content (AvgIpc) is 3.23. The number of benzene rings is 3. The van der Waals surface area contributed by atoms with Gasteiger partial charge >= 0.3 is 0 Å². The van der Waals surface area contributed by atoms with Crippen LogP contribution in [0.3, 0.4) is 0 Å². The monoisotopic (exact) mass is 471 g/mol. The average molecular weight is 472 g/mol. The Morgan fingerprint density at radius 3 is 2.57 bits per heavy atom. The van der Waals surface area contributed by atoms with Crippen LogP contribution < -0.4 is 14.2 Å². The molecular weight excluding hydrogens is 442 g/mol. The van der Waals surface area contributed by atoms with Gasteiger partial charge in [-0.25, -0.2) is 4.99 Å². The third-order valence-corrected chi connectivity index (χ3v) is 6.38. The second-order valence-corrected chi connectivity index (χ2v) is 8.62. The molecule has 3 aromatic carbocycles. The Labute approximate surface area is 205 Å². The lowest BCUT2D eigenvalue weighted by atomic mass is 10.1. The van der Waals surface area contributed by atoms with Crippen LogP contribution >= 0.6 is 0 Å². The molecule has 3 aromatic rings. The van der Waals surface area contributed by atoms with Gasteiger partial charge in [-0.1, -0.05) is 24.3 Å². The quantitative estimate of drug-likeness (QED) is 0.554. The highest BCUT2D eigenvalue weighted by Crippen LogP contribution is 2.39. The van der Waals surface area contributed by atoms with Gasteiger partial charge in [-0.05, 0) is 48.4 Å². The Bertz CT molecular complexity index is 1260. The summed E-state index contributed by atoms with van der Waals surface area (Å²) in [4.78, 5) is 22.3. The first-order valence-electron chi connectivity index (χ1n) is 11.8. The molecule has 2 aliphatic heterocycles. The van der Waals surface area contributed by atoms with Gasteiger partial charge in [0.05, 0.1) is 26.2 Å². The Morgan fingerprint density at radius 2 is 1.71 bits per heavy atom. The van der Waals surface area contributed by atoms with Crippen LogP contribution in [-0.2, 0) is 11.2 Å².